The Morgan fingerprint density at radius 3 is 2.52 bits per heavy atom. The summed E-state index contributed by atoms with van der Waals surface area (Å²) in [4.78, 5) is 17.8. The molecule has 4 aromatic rings. The minimum atomic E-state index is -0.231. The molecule has 160 valence electrons. The van der Waals surface area contributed by atoms with Crippen LogP contribution >= 0.6 is 0 Å². The summed E-state index contributed by atoms with van der Waals surface area (Å²) in [5, 5.41) is 14.5. The maximum Gasteiger partial charge on any atom is 0.301 e. The second-order valence-electron chi connectivity index (χ2n) is 7.85. The zero-order chi connectivity index (χ0) is 22.4. The SMILES string of the molecule is Cc1ccccc1-n1nc2c3ccccc3n(Cc3ccc(-n4cccn4)nc3)nc-2c1=O. The second-order valence-corrected chi connectivity index (χ2v) is 7.85. The number of pyridine rings is 1. The minimum Gasteiger partial charge on any atom is -0.265 e. The molecule has 2 aromatic heterocycles. The summed E-state index contributed by atoms with van der Waals surface area (Å²) in [7, 11) is 0. The lowest BCUT2D eigenvalue weighted by Gasteiger charge is -2.12. The molecule has 2 aliphatic rings. The van der Waals surface area contributed by atoms with Crippen molar-refractivity contribution < 1.29 is 0 Å². The zero-order valence-electron chi connectivity index (χ0n) is 17.8. The van der Waals surface area contributed by atoms with Crippen molar-refractivity contribution in [1.82, 2.24) is 34.3 Å². The second kappa shape index (κ2) is 7.52. The van der Waals surface area contributed by atoms with Crippen molar-refractivity contribution in [3.8, 4) is 22.9 Å². The summed E-state index contributed by atoms with van der Waals surface area (Å²) in [6.45, 7) is 2.44. The summed E-state index contributed by atoms with van der Waals surface area (Å²) < 4.78 is 5.00. The van der Waals surface area contributed by atoms with Gasteiger partial charge in [0.05, 0.1) is 17.7 Å². The highest BCUT2D eigenvalue weighted by molar-refractivity contribution is 5.92. The predicted octanol–water partition coefficient (Wildman–Crippen LogP) is 3.62. The number of fused-ring (bicyclic) bond motifs is 3. The Hall–Kier alpha value is -4.59. The molecule has 0 spiro atoms. The van der Waals surface area contributed by atoms with Crippen LogP contribution in [0.2, 0.25) is 0 Å². The van der Waals surface area contributed by atoms with E-state index in [0.717, 1.165) is 33.5 Å². The molecule has 0 saturated carbocycles. The van der Waals surface area contributed by atoms with E-state index in [1.165, 1.54) is 4.68 Å². The largest absolute Gasteiger partial charge is 0.301 e. The molecule has 0 radical (unpaired) electrons. The summed E-state index contributed by atoms with van der Waals surface area (Å²) in [5.74, 6) is 0.739. The predicted molar refractivity (Wildman–Crippen MR) is 125 cm³/mol. The third-order valence-electron chi connectivity index (χ3n) is 5.70. The van der Waals surface area contributed by atoms with Crippen LogP contribution in [0.1, 0.15) is 11.1 Å². The molecule has 0 saturated heterocycles. The first-order valence-corrected chi connectivity index (χ1v) is 10.6. The van der Waals surface area contributed by atoms with Crippen molar-refractivity contribution in [2.24, 2.45) is 0 Å². The molecule has 0 bridgehead atoms. The number of para-hydroxylation sites is 2. The molecule has 2 aliphatic heterocycles. The van der Waals surface area contributed by atoms with Gasteiger partial charge in [0, 0.05) is 24.0 Å². The fourth-order valence-corrected chi connectivity index (χ4v) is 4.05. The Labute approximate surface area is 188 Å². The highest BCUT2D eigenvalue weighted by Crippen LogP contribution is 2.26. The molecule has 0 aliphatic carbocycles. The molecule has 4 heterocycles. The lowest BCUT2D eigenvalue weighted by molar-refractivity contribution is 0.695. The number of aryl methyl sites for hydroxylation is 1. The number of benzene rings is 2. The Morgan fingerprint density at radius 1 is 0.879 bits per heavy atom. The Morgan fingerprint density at radius 2 is 1.73 bits per heavy atom. The van der Waals surface area contributed by atoms with Crippen molar-refractivity contribution in [3.63, 3.8) is 0 Å². The number of aromatic nitrogens is 7. The van der Waals surface area contributed by atoms with Crippen LogP contribution in [0.15, 0.2) is 90.1 Å². The summed E-state index contributed by atoms with van der Waals surface area (Å²) in [5.41, 5.74) is 4.31. The molecule has 0 fully saturated rings. The average molecular weight is 433 g/mol. The monoisotopic (exact) mass is 433 g/mol. The van der Waals surface area contributed by atoms with Gasteiger partial charge in [-0.25, -0.2) is 9.67 Å². The van der Waals surface area contributed by atoms with E-state index >= 15 is 0 Å². The van der Waals surface area contributed by atoms with E-state index in [1.807, 2.05) is 84.5 Å². The van der Waals surface area contributed by atoms with Crippen LogP contribution in [0.5, 0.6) is 0 Å². The number of hydrogen-bond donors (Lipinski definition) is 0. The normalized spacial score (nSPS) is 11.4. The van der Waals surface area contributed by atoms with E-state index in [-0.39, 0.29) is 5.56 Å². The van der Waals surface area contributed by atoms with Gasteiger partial charge < -0.3 is 0 Å². The Kier molecular flexibility index (Phi) is 4.36. The van der Waals surface area contributed by atoms with Gasteiger partial charge in [-0.05, 0) is 42.3 Å². The van der Waals surface area contributed by atoms with E-state index in [4.69, 9.17) is 5.10 Å². The number of rotatable bonds is 4. The summed E-state index contributed by atoms with van der Waals surface area (Å²) in [6.07, 6.45) is 5.37. The third kappa shape index (κ3) is 3.20. The summed E-state index contributed by atoms with van der Waals surface area (Å²) >= 11 is 0. The van der Waals surface area contributed by atoms with Crippen molar-refractivity contribution in [3.05, 3.63) is 107 Å². The average Bonchev–Trinajstić information content (AvgIpc) is 3.49. The van der Waals surface area contributed by atoms with Crippen LogP contribution in [0.25, 0.3) is 33.8 Å². The first-order valence-electron chi connectivity index (χ1n) is 10.6. The van der Waals surface area contributed by atoms with Gasteiger partial charge in [-0.15, -0.1) is 0 Å². The van der Waals surface area contributed by atoms with E-state index in [0.29, 0.717) is 17.9 Å². The fourth-order valence-electron chi connectivity index (χ4n) is 4.05. The summed E-state index contributed by atoms with van der Waals surface area (Å²) in [6, 6.07) is 21.3. The fraction of sp³-hybridized carbons (Fsp3) is 0.0800. The van der Waals surface area contributed by atoms with Crippen LogP contribution < -0.4 is 5.56 Å². The first-order chi connectivity index (χ1) is 16.2. The minimum absolute atomic E-state index is 0.231. The Bertz CT molecular complexity index is 1610. The molecule has 8 heteroatoms. The van der Waals surface area contributed by atoms with E-state index in [1.54, 1.807) is 17.1 Å². The first kappa shape index (κ1) is 19.1. The molecule has 0 unspecified atom stereocenters. The molecular formula is C25H19N7O. The van der Waals surface area contributed by atoms with Gasteiger partial charge in [-0.2, -0.15) is 20.0 Å². The van der Waals surface area contributed by atoms with Gasteiger partial charge >= 0.3 is 5.56 Å². The molecule has 33 heavy (non-hydrogen) atoms. The molecule has 8 nitrogen and oxygen atoms in total. The van der Waals surface area contributed by atoms with Gasteiger partial charge in [-0.1, -0.05) is 42.5 Å². The smallest absolute Gasteiger partial charge is 0.265 e. The molecule has 0 atom stereocenters. The van der Waals surface area contributed by atoms with Crippen LogP contribution in [-0.2, 0) is 6.54 Å². The van der Waals surface area contributed by atoms with Crippen molar-refractivity contribution in [1.29, 1.82) is 0 Å². The molecule has 0 N–H and O–H groups in total. The maximum absolute atomic E-state index is 13.3. The maximum atomic E-state index is 13.3. The van der Waals surface area contributed by atoms with E-state index in [2.05, 4.69) is 15.2 Å². The topological polar surface area (TPSA) is 83.4 Å². The standard InChI is InChI=1S/C25H19N7O/c1-17-7-2-4-9-20(17)32-25(33)24-23(29-32)19-8-3-5-10-21(19)31(28-24)16-18-11-12-22(26-15-18)30-14-6-13-27-30/h2-15H,16H2,1H3. The van der Waals surface area contributed by atoms with Crippen molar-refractivity contribution in [2.75, 3.05) is 0 Å². The van der Waals surface area contributed by atoms with Crippen molar-refractivity contribution in [2.45, 2.75) is 13.5 Å². The third-order valence-corrected chi connectivity index (χ3v) is 5.70. The highest BCUT2D eigenvalue weighted by atomic mass is 16.1. The van der Waals surface area contributed by atoms with Gasteiger partial charge in [-0.3, -0.25) is 9.48 Å². The zero-order valence-corrected chi connectivity index (χ0v) is 17.8. The molecule has 0 amide bonds. The van der Waals surface area contributed by atoms with Crippen LogP contribution in [0.3, 0.4) is 0 Å². The lowest BCUT2D eigenvalue weighted by atomic mass is 10.1. The van der Waals surface area contributed by atoms with Gasteiger partial charge in [0.1, 0.15) is 5.69 Å². The van der Waals surface area contributed by atoms with E-state index in [9.17, 15) is 4.79 Å². The molecule has 2 aromatic carbocycles. The van der Waals surface area contributed by atoms with Crippen LogP contribution in [0, 0.1) is 6.92 Å². The highest BCUT2D eigenvalue weighted by Gasteiger charge is 2.23. The van der Waals surface area contributed by atoms with Crippen LogP contribution in [0.4, 0.5) is 0 Å². The number of hydrogen-bond acceptors (Lipinski definition) is 5. The number of nitrogens with zero attached hydrogens (tertiary/aromatic N) is 7. The van der Waals surface area contributed by atoms with Gasteiger partial charge in [0.15, 0.2) is 11.5 Å². The van der Waals surface area contributed by atoms with Gasteiger partial charge in [0.25, 0.3) is 0 Å². The van der Waals surface area contributed by atoms with Gasteiger partial charge in [0.2, 0.25) is 0 Å². The van der Waals surface area contributed by atoms with Crippen molar-refractivity contribution >= 4 is 10.9 Å². The quantitative estimate of drug-likeness (QED) is 0.424. The van der Waals surface area contributed by atoms with E-state index < -0.39 is 0 Å². The molecular weight excluding hydrogens is 414 g/mol. The van der Waals surface area contributed by atoms with Crippen LogP contribution in [-0.4, -0.2) is 34.3 Å². The Balaban J connectivity index is 1.48. The molecule has 6 rings (SSSR count). The lowest BCUT2D eigenvalue weighted by Crippen LogP contribution is -2.18.